The van der Waals surface area contributed by atoms with Gasteiger partial charge in [0.25, 0.3) is 5.91 Å². The summed E-state index contributed by atoms with van der Waals surface area (Å²) < 4.78 is 11.3. The second-order valence-electron chi connectivity index (χ2n) is 7.74. The highest BCUT2D eigenvalue weighted by molar-refractivity contribution is 7.09. The van der Waals surface area contributed by atoms with E-state index in [1.165, 1.54) is 11.5 Å². The van der Waals surface area contributed by atoms with E-state index in [1.54, 1.807) is 10.7 Å². The summed E-state index contributed by atoms with van der Waals surface area (Å²) in [5.74, 6) is 0.728. The molecule has 0 saturated carbocycles. The molecule has 10 heteroatoms. The van der Waals surface area contributed by atoms with Crippen LogP contribution in [0.4, 0.5) is 0 Å². The van der Waals surface area contributed by atoms with Gasteiger partial charge in [0.1, 0.15) is 10.4 Å². The molecule has 154 valence electrons. The van der Waals surface area contributed by atoms with Crippen LogP contribution in [0.2, 0.25) is 0 Å². The summed E-state index contributed by atoms with van der Waals surface area (Å²) in [5, 5.41) is 12.7. The van der Waals surface area contributed by atoms with E-state index in [4.69, 9.17) is 4.52 Å². The SMILES string of the molecule is Cc1cc(-c2snnc2[C@H]2CCCN(C(=O)c3cnn4c(C)cc(C)nc34)C2)on1. The average molecular weight is 424 g/mol. The number of carbonyl (C=O) groups is 1. The standard InChI is InChI=1S/C20H21N7O2S/c1-11-7-13(3)27-19(22-11)15(9-21-27)20(28)26-6-4-5-14(10-26)17-18(30-25-23-17)16-8-12(2)24-29-16/h7-9,14H,4-6,10H2,1-3H3/t14-/m0/s1. The van der Waals surface area contributed by atoms with E-state index in [0.717, 1.165) is 40.5 Å². The van der Waals surface area contributed by atoms with Crippen molar-refractivity contribution in [1.82, 2.24) is 34.2 Å². The van der Waals surface area contributed by atoms with Crippen LogP contribution in [0.1, 0.15) is 51.9 Å². The van der Waals surface area contributed by atoms with E-state index in [1.807, 2.05) is 37.8 Å². The average Bonchev–Trinajstić information content (AvgIpc) is 3.46. The van der Waals surface area contributed by atoms with Crippen LogP contribution in [0.3, 0.4) is 0 Å². The monoisotopic (exact) mass is 423 g/mol. The molecule has 0 radical (unpaired) electrons. The Bertz CT molecular complexity index is 1240. The van der Waals surface area contributed by atoms with Crippen LogP contribution in [0, 0.1) is 20.8 Å². The third kappa shape index (κ3) is 3.17. The molecule has 4 aromatic rings. The second-order valence-corrected chi connectivity index (χ2v) is 8.50. The number of nitrogens with zero attached hydrogens (tertiary/aromatic N) is 7. The molecule has 0 N–H and O–H groups in total. The summed E-state index contributed by atoms with van der Waals surface area (Å²) in [7, 11) is 0. The number of aryl methyl sites for hydroxylation is 3. The number of likely N-dealkylation sites (tertiary alicyclic amines) is 1. The third-order valence-corrected chi connectivity index (χ3v) is 6.22. The van der Waals surface area contributed by atoms with Crippen LogP contribution in [0.5, 0.6) is 0 Å². The fourth-order valence-corrected chi connectivity index (χ4v) is 4.78. The van der Waals surface area contributed by atoms with Gasteiger partial charge in [-0.25, -0.2) is 9.50 Å². The van der Waals surface area contributed by atoms with Crippen molar-refractivity contribution in [2.45, 2.75) is 39.5 Å². The second kappa shape index (κ2) is 7.28. The number of fused-ring (bicyclic) bond motifs is 1. The zero-order valence-corrected chi connectivity index (χ0v) is 17.8. The summed E-state index contributed by atoms with van der Waals surface area (Å²) in [6, 6.07) is 3.84. The predicted molar refractivity (Wildman–Crippen MR) is 110 cm³/mol. The van der Waals surface area contributed by atoms with E-state index in [2.05, 4.69) is 24.8 Å². The Kier molecular flexibility index (Phi) is 4.58. The number of aromatic nitrogens is 6. The number of piperidine rings is 1. The molecular weight excluding hydrogens is 402 g/mol. The predicted octanol–water partition coefficient (Wildman–Crippen LogP) is 3.18. The maximum atomic E-state index is 13.3. The molecule has 0 aromatic carbocycles. The Labute approximate surface area is 176 Å². The summed E-state index contributed by atoms with van der Waals surface area (Å²) >= 11 is 1.30. The van der Waals surface area contributed by atoms with Gasteiger partial charge in [-0.1, -0.05) is 9.64 Å². The van der Waals surface area contributed by atoms with Gasteiger partial charge in [0, 0.05) is 36.5 Å². The minimum Gasteiger partial charge on any atom is -0.355 e. The Hall–Kier alpha value is -3.14. The molecule has 1 aliphatic heterocycles. The Balaban J connectivity index is 1.43. The largest absolute Gasteiger partial charge is 0.355 e. The molecule has 9 nitrogen and oxygen atoms in total. The Morgan fingerprint density at radius 1 is 1.23 bits per heavy atom. The van der Waals surface area contributed by atoms with Crippen molar-refractivity contribution >= 4 is 23.1 Å². The highest BCUT2D eigenvalue weighted by Gasteiger charge is 2.31. The van der Waals surface area contributed by atoms with Crippen LogP contribution in [0.15, 0.2) is 22.9 Å². The molecule has 5 rings (SSSR count). The molecule has 1 fully saturated rings. The molecule has 1 atom stereocenters. The van der Waals surface area contributed by atoms with Crippen LogP contribution >= 0.6 is 11.5 Å². The van der Waals surface area contributed by atoms with Crippen LogP contribution < -0.4 is 0 Å². The van der Waals surface area contributed by atoms with Gasteiger partial charge in [0.2, 0.25) is 0 Å². The van der Waals surface area contributed by atoms with Gasteiger partial charge in [-0.2, -0.15) is 5.10 Å². The molecule has 5 heterocycles. The molecule has 1 amide bonds. The normalized spacial score (nSPS) is 17.0. The van der Waals surface area contributed by atoms with E-state index in [0.29, 0.717) is 30.1 Å². The maximum Gasteiger partial charge on any atom is 0.259 e. The molecule has 0 aliphatic carbocycles. The minimum absolute atomic E-state index is 0.0487. The summed E-state index contributed by atoms with van der Waals surface area (Å²) in [6.45, 7) is 7.04. The lowest BCUT2D eigenvalue weighted by Crippen LogP contribution is -2.39. The van der Waals surface area contributed by atoms with Gasteiger partial charge in [0.05, 0.1) is 17.6 Å². The molecule has 4 aromatic heterocycles. The van der Waals surface area contributed by atoms with Gasteiger partial charge in [0.15, 0.2) is 11.4 Å². The van der Waals surface area contributed by atoms with E-state index in [-0.39, 0.29) is 11.8 Å². The van der Waals surface area contributed by atoms with Crippen molar-refractivity contribution in [3.63, 3.8) is 0 Å². The van der Waals surface area contributed by atoms with Gasteiger partial charge in [-0.3, -0.25) is 4.79 Å². The highest BCUT2D eigenvalue weighted by Crippen LogP contribution is 2.36. The van der Waals surface area contributed by atoms with Gasteiger partial charge >= 0.3 is 0 Å². The van der Waals surface area contributed by atoms with Gasteiger partial charge in [-0.05, 0) is 51.2 Å². The zero-order chi connectivity index (χ0) is 20.8. The number of hydrogen-bond donors (Lipinski definition) is 0. The number of hydrogen-bond acceptors (Lipinski definition) is 8. The van der Waals surface area contributed by atoms with Crippen molar-refractivity contribution in [1.29, 1.82) is 0 Å². The molecule has 0 bridgehead atoms. The first-order chi connectivity index (χ1) is 14.5. The maximum absolute atomic E-state index is 13.3. The lowest BCUT2D eigenvalue weighted by atomic mass is 9.93. The lowest BCUT2D eigenvalue weighted by molar-refractivity contribution is 0.0707. The molecular formula is C20H21N7O2S. The quantitative estimate of drug-likeness (QED) is 0.499. The number of rotatable bonds is 3. The smallest absolute Gasteiger partial charge is 0.259 e. The first kappa shape index (κ1) is 18.9. The Morgan fingerprint density at radius 2 is 2.10 bits per heavy atom. The van der Waals surface area contributed by atoms with E-state index in [9.17, 15) is 4.79 Å². The first-order valence-electron chi connectivity index (χ1n) is 9.88. The molecule has 0 spiro atoms. The molecule has 0 unspecified atom stereocenters. The molecule has 1 saturated heterocycles. The topological polar surface area (TPSA) is 102 Å². The number of carbonyl (C=O) groups excluding carboxylic acids is 1. The Morgan fingerprint density at radius 3 is 2.90 bits per heavy atom. The number of amides is 1. The third-order valence-electron chi connectivity index (χ3n) is 5.47. The fourth-order valence-electron chi connectivity index (χ4n) is 4.08. The van der Waals surface area contributed by atoms with Crippen molar-refractivity contribution in [2.24, 2.45) is 0 Å². The van der Waals surface area contributed by atoms with Crippen LogP contribution in [-0.2, 0) is 0 Å². The van der Waals surface area contributed by atoms with E-state index >= 15 is 0 Å². The van der Waals surface area contributed by atoms with Gasteiger partial charge in [-0.15, -0.1) is 5.10 Å². The molecule has 30 heavy (non-hydrogen) atoms. The van der Waals surface area contributed by atoms with Crippen LogP contribution in [-0.4, -0.2) is 53.2 Å². The fraction of sp³-hybridized carbons (Fsp3) is 0.400. The minimum atomic E-state index is -0.0487. The van der Waals surface area contributed by atoms with Crippen molar-refractivity contribution < 1.29 is 9.32 Å². The summed E-state index contributed by atoms with van der Waals surface area (Å²) in [6.07, 6.45) is 3.46. The van der Waals surface area contributed by atoms with Gasteiger partial charge < -0.3 is 9.42 Å². The highest BCUT2D eigenvalue weighted by atomic mass is 32.1. The van der Waals surface area contributed by atoms with Crippen molar-refractivity contribution in [3.8, 4) is 10.6 Å². The van der Waals surface area contributed by atoms with Crippen molar-refractivity contribution in [2.75, 3.05) is 13.1 Å². The van der Waals surface area contributed by atoms with Crippen molar-refractivity contribution in [3.05, 3.63) is 46.7 Å². The molecule has 1 aliphatic rings. The lowest BCUT2D eigenvalue weighted by Gasteiger charge is -2.32. The van der Waals surface area contributed by atoms with Crippen LogP contribution in [0.25, 0.3) is 16.3 Å². The zero-order valence-electron chi connectivity index (χ0n) is 17.0. The summed E-state index contributed by atoms with van der Waals surface area (Å²) in [5.41, 5.74) is 4.65. The summed E-state index contributed by atoms with van der Waals surface area (Å²) in [4.78, 5) is 20.7. The first-order valence-corrected chi connectivity index (χ1v) is 10.7. The van der Waals surface area contributed by atoms with E-state index < -0.39 is 0 Å².